The van der Waals surface area contributed by atoms with Crippen molar-refractivity contribution in [2.75, 3.05) is 0 Å². The van der Waals surface area contributed by atoms with Gasteiger partial charge in [-0.2, -0.15) is 5.10 Å². The van der Waals surface area contributed by atoms with E-state index < -0.39 is 0 Å². The first kappa shape index (κ1) is 8.97. The van der Waals surface area contributed by atoms with E-state index in [1.807, 2.05) is 12.1 Å². The number of benzene rings is 1. The summed E-state index contributed by atoms with van der Waals surface area (Å²) in [6, 6.07) is 8.92. The molecule has 70 valence electrons. The van der Waals surface area contributed by atoms with E-state index in [1.54, 1.807) is 29.1 Å². The lowest BCUT2D eigenvalue weighted by molar-refractivity contribution is 0.111. The first-order valence-corrected chi connectivity index (χ1v) is 4.44. The average molecular weight is 207 g/mol. The maximum absolute atomic E-state index is 10.4. The summed E-state index contributed by atoms with van der Waals surface area (Å²) in [6.07, 6.45) is 2.43. The van der Waals surface area contributed by atoms with Crippen LogP contribution in [0, 0.1) is 0 Å². The number of hydrogen-bond acceptors (Lipinski definition) is 2. The minimum atomic E-state index is 0.407. The summed E-state index contributed by atoms with van der Waals surface area (Å²) in [6.45, 7) is 0. The Morgan fingerprint density at radius 1 is 1.36 bits per heavy atom. The predicted molar refractivity (Wildman–Crippen MR) is 54.0 cm³/mol. The summed E-state index contributed by atoms with van der Waals surface area (Å²) in [5.74, 6) is 0. The lowest BCUT2D eigenvalue weighted by Gasteiger charge is -2.00. The molecule has 0 spiro atoms. The highest BCUT2D eigenvalue weighted by atomic mass is 35.5. The lowest BCUT2D eigenvalue weighted by Crippen LogP contribution is -1.95. The largest absolute Gasteiger partial charge is 0.296 e. The fraction of sp³-hybridized carbons (Fsp3) is 0. The van der Waals surface area contributed by atoms with Crippen LogP contribution in [0.1, 0.15) is 10.5 Å². The van der Waals surface area contributed by atoms with E-state index in [0.717, 1.165) is 5.69 Å². The zero-order chi connectivity index (χ0) is 9.97. The number of nitrogens with zero attached hydrogens (tertiary/aromatic N) is 2. The Hall–Kier alpha value is -1.61. The summed E-state index contributed by atoms with van der Waals surface area (Å²) in [5, 5.41) is 4.67. The average Bonchev–Trinajstić information content (AvgIpc) is 2.66. The molecule has 0 saturated heterocycles. The number of aromatic nitrogens is 2. The van der Waals surface area contributed by atoms with Gasteiger partial charge >= 0.3 is 0 Å². The van der Waals surface area contributed by atoms with Crippen molar-refractivity contribution in [1.82, 2.24) is 9.78 Å². The Morgan fingerprint density at radius 2 is 2.21 bits per heavy atom. The molecular weight excluding hydrogens is 200 g/mol. The Morgan fingerprint density at radius 3 is 2.86 bits per heavy atom. The zero-order valence-electron chi connectivity index (χ0n) is 7.22. The SMILES string of the molecule is O=Cc1ccn(-c2cccc(Cl)c2)n1. The van der Waals surface area contributed by atoms with Crippen molar-refractivity contribution in [2.45, 2.75) is 0 Å². The van der Waals surface area contributed by atoms with Crippen molar-refractivity contribution < 1.29 is 4.79 Å². The van der Waals surface area contributed by atoms with Crippen LogP contribution in [0.3, 0.4) is 0 Å². The second-order valence-corrected chi connectivity index (χ2v) is 3.22. The molecule has 3 nitrogen and oxygen atoms in total. The third-order valence-electron chi connectivity index (χ3n) is 1.80. The monoisotopic (exact) mass is 206 g/mol. The molecule has 0 aliphatic rings. The van der Waals surface area contributed by atoms with Gasteiger partial charge in [-0.15, -0.1) is 0 Å². The van der Waals surface area contributed by atoms with E-state index in [9.17, 15) is 4.79 Å². The number of carbonyl (C=O) groups is 1. The molecule has 14 heavy (non-hydrogen) atoms. The number of carbonyl (C=O) groups excluding carboxylic acids is 1. The van der Waals surface area contributed by atoms with Gasteiger partial charge in [0.05, 0.1) is 5.69 Å². The first-order chi connectivity index (χ1) is 6.79. The molecule has 4 heteroatoms. The highest BCUT2D eigenvalue weighted by Gasteiger charge is 1.99. The summed E-state index contributed by atoms with van der Waals surface area (Å²) in [5.41, 5.74) is 1.25. The van der Waals surface area contributed by atoms with Crippen LogP contribution in [0.5, 0.6) is 0 Å². The molecule has 1 heterocycles. The topological polar surface area (TPSA) is 34.9 Å². The molecular formula is C10H7ClN2O. The number of hydrogen-bond donors (Lipinski definition) is 0. The second-order valence-electron chi connectivity index (χ2n) is 2.78. The quantitative estimate of drug-likeness (QED) is 0.707. The molecule has 0 fully saturated rings. The predicted octanol–water partition coefficient (Wildman–Crippen LogP) is 2.34. The normalized spacial score (nSPS) is 10.1. The number of halogens is 1. The van der Waals surface area contributed by atoms with Gasteiger partial charge in [0.15, 0.2) is 6.29 Å². The van der Waals surface area contributed by atoms with Gasteiger partial charge in [-0.1, -0.05) is 17.7 Å². The van der Waals surface area contributed by atoms with Crippen LogP contribution < -0.4 is 0 Å². The Bertz CT molecular complexity index is 465. The highest BCUT2D eigenvalue weighted by molar-refractivity contribution is 6.30. The highest BCUT2D eigenvalue weighted by Crippen LogP contribution is 2.13. The van der Waals surface area contributed by atoms with Crippen LogP contribution in [0.15, 0.2) is 36.5 Å². The van der Waals surface area contributed by atoms with Crippen LogP contribution in [0.25, 0.3) is 5.69 Å². The van der Waals surface area contributed by atoms with Crippen molar-refractivity contribution in [3.05, 3.63) is 47.2 Å². The van der Waals surface area contributed by atoms with Gasteiger partial charge in [-0.3, -0.25) is 4.79 Å². The molecule has 2 rings (SSSR count). The van der Waals surface area contributed by atoms with Crippen LogP contribution >= 0.6 is 11.6 Å². The minimum absolute atomic E-state index is 0.407. The summed E-state index contributed by atoms with van der Waals surface area (Å²) in [7, 11) is 0. The summed E-state index contributed by atoms with van der Waals surface area (Å²) < 4.78 is 1.61. The van der Waals surface area contributed by atoms with E-state index in [1.165, 1.54) is 0 Å². The maximum atomic E-state index is 10.4. The summed E-state index contributed by atoms with van der Waals surface area (Å²) in [4.78, 5) is 10.4. The molecule has 2 aromatic rings. The number of rotatable bonds is 2. The maximum Gasteiger partial charge on any atom is 0.170 e. The van der Waals surface area contributed by atoms with Gasteiger partial charge in [0.2, 0.25) is 0 Å². The molecule has 0 amide bonds. The molecule has 0 bridgehead atoms. The molecule has 0 saturated carbocycles. The summed E-state index contributed by atoms with van der Waals surface area (Å²) >= 11 is 5.82. The van der Waals surface area contributed by atoms with Crippen molar-refractivity contribution >= 4 is 17.9 Å². The van der Waals surface area contributed by atoms with Crippen molar-refractivity contribution in [1.29, 1.82) is 0 Å². The van der Waals surface area contributed by atoms with Gasteiger partial charge in [0.25, 0.3) is 0 Å². The van der Waals surface area contributed by atoms with Crippen LogP contribution in [-0.2, 0) is 0 Å². The standard InChI is InChI=1S/C10H7ClN2O/c11-8-2-1-3-10(6-8)13-5-4-9(7-14)12-13/h1-7H. The molecule has 0 aliphatic heterocycles. The van der Waals surface area contributed by atoms with Crippen LogP contribution in [-0.4, -0.2) is 16.1 Å². The molecule has 0 radical (unpaired) electrons. The Labute approximate surface area is 85.9 Å². The van der Waals surface area contributed by atoms with Crippen molar-refractivity contribution in [3.8, 4) is 5.69 Å². The van der Waals surface area contributed by atoms with Crippen LogP contribution in [0.2, 0.25) is 5.02 Å². The Balaban J connectivity index is 2.43. The molecule has 1 aromatic heterocycles. The first-order valence-electron chi connectivity index (χ1n) is 4.06. The van der Waals surface area contributed by atoms with Crippen LogP contribution in [0.4, 0.5) is 0 Å². The zero-order valence-corrected chi connectivity index (χ0v) is 7.98. The van der Waals surface area contributed by atoms with Gasteiger partial charge < -0.3 is 0 Å². The van der Waals surface area contributed by atoms with E-state index in [-0.39, 0.29) is 0 Å². The van der Waals surface area contributed by atoms with Crippen molar-refractivity contribution in [3.63, 3.8) is 0 Å². The fourth-order valence-electron chi connectivity index (χ4n) is 1.16. The van der Waals surface area contributed by atoms with Gasteiger partial charge in [-0.05, 0) is 24.3 Å². The van der Waals surface area contributed by atoms with Gasteiger partial charge in [0, 0.05) is 11.2 Å². The Kier molecular flexibility index (Phi) is 2.33. The smallest absolute Gasteiger partial charge is 0.170 e. The van der Waals surface area contributed by atoms with E-state index in [0.29, 0.717) is 17.0 Å². The fourth-order valence-corrected chi connectivity index (χ4v) is 1.35. The van der Waals surface area contributed by atoms with Crippen molar-refractivity contribution in [2.24, 2.45) is 0 Å². The molecule has 0 unspecified atom stereocenters. The third-order valence-corrected chi connectivity index (χ3v) is 2.04. The van der Waals surface area contributed by atoms with E-state index in [4.69, 9.17) is 11.6 Å². The number of aldehydes is 1. The molecule has 0 atom stereocenters. The molecule has 0 aliphatic carbocycles. The lowest BCUT2D eigenvalue weighted by atomic mass is 10.3. The second kappa shape index (κ2) is 3.64. The van der Waals surface area contributed by atoms with Gasteiger partial charge in [-0.25, -0.2) is 4.68 Å². The third kappa shape index (κ3) is 1.67. The van der Waals surface area contributed by atoms with Gasteiger partial charge in [0.1, 0.15) is 5.69 Å². The van der Waals surface area contributed by atoms with E-state index in [2.05, 4.69) is 5.10 Å². The molecule has 1 aromatic carbocycles. The molecule has 0 N–H and O–H groups in total. The minimum Gasteiger partial charge on any atom is -0.296 e. The van der Waals surface area contributed by atoms with E-state index >= 15 is 0 Å².